The van der Waals surface area contributed by atoms with E-state index in [4.69, 9.17) is 0 Å². The van der Waals surface area contributed by atoms with Gasteiger partial charge in [-0.1, -0.05) is 13.3 Å². The molecule has 0 amide bonds. The number of nitrogens with zero attached hydrogens (tertiary/aromatic N) is 2. The van der Waals surface area contributed by atoms with Crippen LogP contribution in [0.25, 0.3) is 0 Å². The maximum Gasteiger partial charge on any atom is 0.193 e. The van der Waals surface area contributed by atoms with E-state index in [2.05, 4.69) is 22.1 Å². The molecule has 1 aliphatic heterocycles. The zero-order valence-electron chi connectivity index (χ0n) is 13.4. The first-order chi connectivity index (χ1) is 9.30. The quantitative estimate of drug-likeness (QED) is 0.423. The third kappa shape index (κ3) is 4.24. The number of hydrogen-bond donors (Lipinski definition) is 1. The van der Waals surface area contributed by atoms with Crippen LogP contribution in [0.5, 0.6) is 0 Å². The average Bonchev–Trinajstić information content (AvgIpc) is 3.09. The minimum absolute atomic E-state index is 0. The molecule has 2 rings (SSSR count). The molecule has 124 valence electrons. The van der Waals surface area contributed by atoms with E-state index in [1.54, 1.807) is 20.9 Å². The first-order valence-corrected chi connectivity index (χ1v) is 9.16. The van der Waals surface area contributed by atoms with Crippen molar-refractivity contribution in [3.8, 4) is 0 Å². The third-order valence-corrected chi connectivity index (χ3v) is 6.98. The van der Waals surface area contributed by atoms with Gasteiger partial charge in [-0.2, -0.15) is 0 Å². The van der Waals surface area contributed by atoms with Crippen molar-refractivity contribution in [2.24, 2.45) is 10.9 Å². The molecule has 2 fully saturated rings. The van der Waals surface area contributed by atoms with Crippen molar-refractivity contribution >= 4 is 39.8 Å². The zero-order valence-corrected chi connectivity index (χ0v) is 16.6. The van der Waals surface area contributed by atoms with Gasteiger partial charge in [-0.05, 0) is 32.6 Å². The first kappa shape index (κ1) is 19.0. The second kappa shape index (κ2) is 7.02. The van der Waals surface area contributed by atoms with Gasteiger partial charge in [0.1, 0.15) is 0 Å². The normalized spacial score (nSPS) is 30.5. The van der Waals surface area contributed by atoms with E-state index < -0.39 is 14.6 Å². The molecular formula is C14H28IN3O2S. The number of hydrogen-bond acceptors (Lipinski definition) is 3. The molecule has 0 aromatic carbocycles. The number of halogens is 1. The standard InChI is InChI=1S/C14H27N3O2S.HI/c1-5-6-11-9-12(11)16-13(15-4)17-7-8-20(18,19)14(2,3)10-17;/h11-12H,5-10H2,1-4H3,(H,15,16);1H. The topological polar surface area (TPSA) is 61.8 Å². The van der Waals surface area contributed by atoms with Crippen molar-refractivity contribution < 1.29 is 8.42 Å². The van der Waals surface area contributed by atoms with Gasteiger partial charge in [0.25, 0.3) is 0 Å². The highest BCUT2D eigenvalue weighted by molar-refractivity contribution is 14.0. The van der Waals surface area contributed by atoms with Crippen LogP contribution in [0.15, 0.2) is 4.99 Å². The summed E-state index contributed by atoms with van der Waals surface area (Å²) in [6, 6.07) is 0.523. The van der Waals surface area contributed by atoms with Crippen LogP contribution in [-0.2, 0) is 9.84 Å². The minimum Gasteiger partial charge on any atom is -0.353 e. The maximum absolute atomic E-state index is 12.0. The van der Waals surface area contributed by atoms with Crippen LogP contribution in [0, 0.1) is 5.92 Å². The summed E-state index contributed by atoms with van der Waals surface area (Å²) < 4.78 is 23.4. The molecule has 0 aromatic heterocycles. The smallest absolute Gasteiger partial charge is 0.193 e. The van der Waals surface area contributed by atoms with Crippen molar-refractivity contribution in [3.05, 3.63) is 0 Å². The van der Waals surface area contributed by atoms with E-state index in [1.165, 1.54) is 19.3 Å². The van der Waals surface area contributed by atoms with Gasteiger partial charge in [-0.25, -0.2) is 8.42 Å². The average molecular weight is 429 g/mol. The van der Waals surface area contributed by atoms with Gasteiger partial charge in [0.2, 0.25) is 0 Å². The Morgan fingerprint density at radius 3 is 2.62 bits per heavy atom. The molecule has 0 spiro atoms. The fourth-order valence-corrected chi connectivity index (χ4v) is 4.27. The molecule has 1 saturated carbocycles. The molecule has 2 aliphatic rings. The number of aliphatic imine (C=N–C) groups is 1. The first-order valence-electron chi connectivity index (χ1n) is 7.51. The molecule has 0 aromatic rings. The van der Waals surface area contributed by atoms with Gasteiger partial charge in [-0.15, -0.1) is 24.0 Å². The summed E-state index contributed by atoms with van der Waals surface area (Å²) in [5, 5.41) is 3.49. The highest BCUT2D eigenvalue weighted by Gasteiger charge is 2.43. The van der Waals surface area contributed by atoms with Crippen LogP contribution in [0.4, 0.5) is 0 Å². The van der Waals surface area contributed by atoms with Gasteiger partial charge in [-0.3, -0.25) is 4.99 Å². The monoisotopic (exact) mass is 429 g/mol. The second-order valence-electron chi connectivity index (χ2n) is 6.58. The van der Waals surface area contributed by atoms with Crippen molar-refractivity contribution in [1.82, 2.24) is 10.2 Å². The van der Waals surface area contributed by atoms with Gasteiger partial charge >= 0.3 is 0 Å². The molecule has 1 N–H and O–H groups in total. The molecule has 0 radical (unpaired) electrons. The summed E-state index contributed by atoms with van der Waals surface area (Å²) in [5.74, 6) is 1.83. The van der Waals surface area contributed by atoms with Crippen LogP contribution in [0.3, 0.4) is 0 Å². The fraction of sp³-hybridized carbons (Fsp3) is 0.929. The summed E-state index contributed by atoms with van der Waals surface area (Å²) in [4.78, 5) is 6.42. The van der Waals surface area contributed by atoms with Crippen LogP contribution >= 0.6 is 24.0 Å². The molecule has 7 heteroatoms. The maximum atomic E-state index is 12.0. The van der Waals surface area contributed by atoms with E-state index in [1.807, 2.05) is 0 Å². The zero-order chi connectivity index (χ0) is 15.0. The third-order valence-electron chi connectivity index (χ3n) is 4.45. The van der Waals surface area contributed by atoms with Crippen LogP contribution in [0.2, 0.25) is 0 Å². The number of guanidine groups is 1. The van der Waals surface area contributed by atoms with Gasteiger partial charge in [0.05, 0.1) is 10.5 Å². The van der Waals surface area contributed by atoms with E-state index in [-0.39, 0.29) is 29.7 Å². The van der Waals surface area contributed by atoms with E-state index in [9.17, 15) is 8.42 Å². The predicted molar refractivity (Wildman–Crippen MR) is 98.2 cm³/mol. The summed E-state index contributed by atoms with van der Waals surface area (Å²) in [5.41, 5.74) is 0. The Labute approximate surface area is 145 Å². The Balaban J connectivity index is 0.00000220. The van der Waals surface area contributed by atoms with Crippen molar-refractivity contribution in [2.45, 2.75) is 50.8 Å². The Morgan fingerprint density at radius 1 is 1.43 bits per heavy atom. The summed E-state index contributed by atoms with van der Waals surface area (Å²) in [6.45, 7) is 6.87. The largest absolute Gasteiger partial charge is 0.353 e. The van der Waals surface area contributed by atoms with E-state index in [0.29, 0.717) is 19.1 Å². The Hall–Kier alpha value is -0.0500. The molecule has 2 atom stereocenters. The van der Waals surface area contributed by atoms with Crippen LogP contribution in [0.1, 0.15) is 40.0 Å². The van der Waals surface area contributed by atoms with Crippen molar-refractivity contribution in [2.75, 3.05) is 25.9 Å². The van der Waals surface area contributed by atoms with Crippen molar-refractivity contribution in [1.29, 1.82) is 0 Å². The fourth-order valence-electron chi connectivity index (χ4n) is 2.90. The summed E-state index contributed by atoms with van der Waals surface area (Å²) in [6.07, 6.45) is 3.69. The van der Waals surface area contributed by atoms with Crippen LogP contribution in [-0.4, -0.2) is 56.0 Å². The van der Waals surface area contributed by atoms with Crippen LogP contribution < -0.4 is 5.32 Å². The lowest BCUT2D eigenvalue weighted by molar-refractivity contribution is 0.352. The molecule has 5 nitrogen and oxygen atoms in total. The van der Waals surface area contributed by atoms with Gasteiger partial charge in [0, 0.05) is 26.2 Å². The Morgan fingerprint density at radius 2 is 2.10 bits per heavy atom. The minimum atomic E-state index is -2.99. The molecule has 1 heterocycles. The SMILES string of the molecule is CCCC1CC1NC(=NC)N1CCS(=O)(=O)C(C)(C)C1.I. The number of nitrogens with one attached hydrogen (secondary N) is 1. The highest BCUT2D eigenvalue weighted by atomic mass is 127. The second-order valence-corrected chi connectivity index (χ2v) is 9.33. The van der Waals surface area contributed by atoms with Gasteiger partial charge < -0.3 is 10.2 Å². The molecule has 1 aliphatic carbocycles. The lowest BCUT2D eigenvalue weighted by Gasteiger charge is -2.39. The lowest BCUT2D eigenvalue weighted by Crippen LogP contribution is -2.57. The van der Waals surface area contributed by atoms with E-state index in [0.717, 1.165) is 11.9 Å². The van der Waals surface area contributed by atoms with Crippen molar-refractivity contribution in [3.63, 3.8) is 0 Å². The molecule has 1 saturated heterocycles. The Bertz CT molecular complexity index is 490. The molecular weight excluding hydrogens is 401 g/mol. The lowest BCUT2D eigenvalue weighted by atomic mass is 10.2. The summed E-state index contributed by atoms with van der Waals surface area (Å²) >= 11 is 0. The Kier molecular flexibility index (Phi) is 6.35. The number of rotatable bonds is 3. The molecule has 0 bridgehead atoms. The summed E-state index contributed by atoms with van der Waals surface area (Å²) in [7, 11) is -1.22. The molecule has 2 unspecified atom stereocenters. The van der Waals surface area contributed by atoms with Gasteiger partial charge in [0.15, 0.2) is 15.8 Å². The highest BCUT2D eigenvalue weighted by Crippen LogP contribution is 2.35. The number of sulfone groups is 1. The van der Waals surface area contributed by atoms with E-state index >= 15 is 0 Å². The molecule has 21 heavy (non-hydrogen) atoms. The predicted octanol–water partition coefficient (Wildman–Crippen LogP) is 1.88.